The van der Waals surface area contributed by atoms with Crippen molar-refractivity contribution in [1.82, 2.24) is 18.4 Å². The molecule has 0 spiro atoms. The lowest BCUT2D eigenvalue weighted by molar-refractivity contribution is -0.116. The first-order valence-electron chi connectivity index (χ1n) is 9.36. The van der Waals surface area contributed by atoms with E-state index in [1.54, 1.807) is 0 Å². The van der Waals surface area contributed by atoms with Gasteiger partial charge in [0.25, 0.3) is 5.56 Å². The minimum Gasteiger partial charge on any atom is -0.324 e. The summed E-state index contributed by atoms with van der Waals surface area (Å²) in [5.74, 6) is -0.847. The summed E-state index contributed by atoms with van der Waals surface area (Å²) < 4.78 is 28.4. The summed E-state index contributed by atoms with van der Waals surface area (Å²) in [5, 5.41) is 2.63. The highest BCUT2D eigenvalue weighted by Gasteiger charge is 2.23. The van der Waals surface area contributed by atoms with Crippen LogP contribution in [0.25, 0.3) is 11.0 Å². The Bertz CT molecular complexity index is 1450. The Morgan fingerprint density at radius 1 is 1.09 bits per heavy atom. The Morgan fingerprint density at radius 2 is 1.72 bits per heavy atom. The SMILES string of the molecule is CC(=O)c1ccc(S(=O)(=O)N(C)CC(=O)Nc2cnc3c(c2)c(=O)n(C)c(=O)n3C)cc1. The number of aromatic nitrogens is 3. The van der Waals surface area contributed by atoms with Crippen LogP contribution in [0.5, 0.6) is 0 Å². The number of likely N-dealkylation sites (N-methyl/N-ethyl adjacent to an activating group) is 1. The average molecular weight is 459 g/mol. The molecular weight excluding hydrogens is 438 g/mol. The number of aryl methyl sites for hydroxylation is 1. The summed E-state index contributed by atoms with van der Waals surface area (Å²) >= 11 is 0. The van der Waals surface area contributed by atoms with Crippen LogP contribution in [-0.4, -0.2) is 52.1 Å². The molecule has 0 aliphatic carbocycles. The molecule has 168 valence electrons. The van der Waals surface area contributed by atoms with Crippen LogP contribution in [0.2, 0.25) is 0 Å². The molecule has 0 fully saturated rings. The minimum atomic E-state index is -3.97. The molecule has 1 amide bonds. The Morgan fingerprint density at radius 3 is 2.31 bits per heavy atom. The molecule has 2 heterocycles. The number of amides is 1. The Labute approximate surface area is 183 Å². The predicted molar refractivity (Wildman–Crippen MR) is 117 cm³/mol. The van der Waals surface area contributed by atoms with Gasteiger partial charge >= 0.3 is 5.69 Å². The number of rotatable bonds is 6. The van der Waals surface area contributed by atoms with E-state index in [-0.39, 0.29) is 27.4 Å². The number of nitrogens with one attached hydrogen (secondary N) is 1. The molecular formula is C20H21N5O6S. The van der Waals surface area contributed by atoms with Crippen molar-refractivity contribution in [2.45, 2.75) is 11.8 Å². The number of fused-ring (bicyclic) bond motifs is 1. The number of ketones is 1. The maximum absolute atomic E-state index is 12.7. The van der Waals surface area contributed by atoms with Crippen LogP contribution in [-0.2, 0) is 28.9 Å². The average Bonchev–Trinajstić information content (AvgIpc) is 2.76. The van der Waals surface area contributed by atoms with Gasteiger partial charge in [-0.1, -0.05) is 12.1 Å². The highest BCUT2D eigenvalue weighted by molar-refractivity contribution is 7.89. The maximum atomic E-state index is 12.7. The number of Topliss-reactive ketones (excluding diaryl/α,β-unsaturated/α-hetero) is 1. The second kappa shape index (κ2) is 8.48. The van der Waals surface area contributed by atoms with E-state index in [1.165, 1.54) is 69.2 Å². The van der Waals surface area contributed by atoms with Gasteiger partial charge in [-0.3, -0.25) is 23.5 Å². The van der Waals surface area contributed by atoms with Gasteiger partial charge in [0, 0.05) is 26.7 Å². The molecule has 3 rings (SSSR count). The van der Waals surface area contributed by atoms with Gasteiger partial charge in [0.15, 0.2) is 5.78 Å². The Balaban J connectivity index is 1.80. The second-order valence-electron chi connectivity index (χ2n) is 7.19. The van der Waals surface area contributed by atoms with Crippen molar-refractivity contribution in [1.29, 1.82) is 0 Å². The van der Waals surface area contributed by atoms with E-state index in [0.717, 1.165) is 8.87 Å². The van der Waals surface area contributed by atoms with E-state index >= 15 is 0 Å². The summed E-state index contributed by atoms with van der Waals surface area (Å²) in [6.45, 7) is 0.872. The van der Waals surface area contributed by atoms with Crippen LogP contribution >= 0.6 is 0 Å². The molecule has 0 unspecified atom stereocenters. The van der Waals surface area contributed by atoms with E-state index in [4.69, 9.17) is 0 Å². The van der Waals surface area contributed by atoms with E-state index < -0.39 is 33.7 Å². The molecule has 11 nitrogen and oxygen atoms in total. The fourth-order valence-electron chi connectivity index (χ4n) is 3.06. The molecule has 0 aliphatic heterocycles. The summed E-state index contributed by atoms with van der Waals surface area (Å²) in [5.41, 5.74) is -0.396. The number of anilines is 1. The molecule has 1 aromatic carbocycles. The standard InChI is InChI=1S/C20H21N5O6S/c1-12(26)13-5-7-15(8-6-13)32(30,31)23(2)11-17(27)22-14-9-16-18(21-10-14)24(3)20(29)25(4)19(16)28/h5-10H,11H2,1-4H3,(H,22,27). The van der Waals surface area contributed by atoms with Crippen molar-refractivity contribution >= 4 is 38.4 Å². The zero-order valence-electron chi connectivity index (χ0n) is 17.8. The van der Waals surface area contributed by atoms with Gasteiger partial charge in [0.2, 0.25) is 15.9 Å². The first-order chi connectivity index (χ1) is 14.9. The minimum absolute atomic E-state index is 0.0606. The van der Waals surface area contributed by atoms with E-state index in [0.29, 0.717) is 5.56 Å². The molecule has 0 aliphatic rings. The molecule has 32 heavy (non-hydrogen) atoms. The van der Waals surface area contributed by atoms with Crippen molar-refractivity contribution < 1.29 is 18.0 Å². The summed E-state index contributed by atoms with van der Waals surface area (Å²) in [6, 6.07) is 6.77. The van der Waals surface area contributed by atoms with E-state index in [2.05, 4.69) is 10.3 Å². The Hall–Kier alpha value is -3.64. The summed E-state index contributed by atoms with van der Waals surface area (Å²) in [6.07, 6.45) is 1.27. The predicted octanol–water partition coefficient (Wildman–Crippen LogP) is 0.0940. The quantitative estimate of drug-likeness (QED) is 0.515. The van der Waals surface area contributed by atoms with Gasteiger partial charge in [-0.2, -0.15) is 4.31 Å². The third-order valence-corrected chi connectivity index (χ3v) is 6.73. The highest BCUT2D eigenvalue weighted by Crippen LogP contribution is 2.16. The molecule has 0 bridgehead atoms. The largest absolute Gasteiger partial charge is 0.332 e. The molecule has 3 aromatic rings. The number of sulfonamides is 1. The van der Waals surface area contributed by atoms with Crippen LogP contribution in [0.3, 0.4) is 0 Å². The van der Waals surface area contributed by atoms with Crippen molar-refractivity contribution in [3.63, 3.8) is 0 Å². The van der Waals surface area contributed by atoms with Gasteiger partial charge in [-0.05, 0) is 25.1 Å². The first-order valence-corrected chi connectivity index (χ1v) is 10.8. The van der Waals surface area contributed by atoms with Crippen LogP contribution in [0.4, 0.5) is 5.69 Å². The topological polar surface area (TPSA) is 140 Å². The van der Waals surface area contributed by atoms with Crippen LogP contribution in [0.15, 0.2) is 51.0 Å². The number of hydrogen-bond donors (Lipinski definition) is 1. The van der Waals surface area contributed by atoms with Gasteiger partial charge in [0.05, 0.1) is 28.7 Å². The number of hydrogen-bond acceptors (Lipinski definition) is 7. The number of nitrogens with zero attached hydrogens (tertiary/aromatic N) is 4. The fraction of sp³-hybridized carbons (Fsp3) is 0.250. The maximum Gasteiger partial charge on any atom is 0.332 e. The molecule has 0 saturated carbocycles. The van der Waals surface area contributed by atoms with E-state index in [1.807, 2.05) is 0 Å². The lowest BCUT2D eigenvalue weighted by atomic mass is 10.2. The molecule has 0 atom stereocenters. The number of carbonyl (C=O) groups excluding carboxylic acids is 2. The smallest absolute Gasteiger partial charge is 0.324 e. The van der Waals surface area contributed by atoms with Gasteiger partial charge in [-0.25, -0.2) is 18.2 Å². The van der Waals surface area contributed by atoms with Crippen LogP contribution in [0, 0.1) is 0 Å². The number of pyridine rings is 1. The lowest BCUT2D eigenvalue weighted by Gasteiger charge is -2.17. The molecule has 12 heteroatoms. The third kappa shape index (κ3) is 4.22. The van der Waals surface area contributed by atoms with Crippen LogP contribution < -0.4 is 16.6 Å². The van der Waals surface area contributed by atoms with E-state index in [9.17, 15) is 27.6 Å². The zero-order chi connectivity index (χ0) is 23.8. The van der Waals surface area contributed by atoms with Crippen molar-refractivity contribution in [3.05, 3.63) is 62.9 Å². The summed E-state index contributed by atoms with van der Waals surface area (Å²) in [4.78, 5) is 52.1. The van der Waals surface area contributed by atoms with Crippen molar-refractivity contribution in [3.8, 4) is 0 Å². The molecule has 0 saturated heterocycles. The molecule has 0 radical (unpaired) electrons. The Kier molecular flexibility index (Phi) is 6.10. The number of benzene rings is 1. The lowest BCUT2D eigenvalue weighted by Crippen LogP contribution is -2.37. The third-order valence-electron chi connectivity index (χ3n) is 4.91. The zero-order valence-corrected chi connectivity index (χ0v) is 18.6. The van der Waals surface area contributed by atoms with Crippen LogP contribution in [0.1, 0.15) is 17.3 Å². The van der Waals surface area contributed by atoms with Gasteiger partial charge < -0.3 is 5.32 Å². The first kappa shape index (κ1) is 23.0. The summed E-state index contributed by atoms with van der Waals surface area (Å²) in [7, 11) is 0.0778. The monoisotopic (exact) mass is 459 g/mol. The normalized spacial score (nSPS) is 11.7. The van der Waals surface area contributed by atoms with Gasteiger partial charge in [0.1, 0.15) is 5.65 Å². The fourth-order valence-corrected chi connectivity index (χ4v) is 4.19. The van der Waals surface area contributed by atoms with Gasteiger partial charge in [-0.15, -0.1) is 0 Å². The second-order valence-corrected chi connectivity index (χ2v) is 9.24. The molecule has 1 N–H and O–H groups in total. The highest BCUT2D eigenvalue weighted by atomic mass is 32.2. The van der Waals surface area contributed by atoms with Crippen molar-refractivity contribution in [2.75, 3.05) is 18.9 Å². The molecule has 2 aromatic heterocycles. The van der Waals surface area contributed by atoms with Crippen molar-refractivity contribution in [2.24, 2.45) is 14.1 Å². The number of carbonyl (C=O) groups is 2.